The molecular formula is C22H26N4O3S. The van der Waals surface area contributed by atoms with Gasteiger partial charge in [-0.3, -0.25) is 4.79 Å². The zero-order chi connectivity index (χ0) is 21.7. The van der Waals surface area contributed by atoms with Crippen molar-refractivity contribution in [3.8, 4) is 5.69 Å². The van der Waals surface area contributed by atoms with E-state index < -0.39 is 10.0 Å². The van der Waals surface area contributed by atoms with E-state index in [4.69, 9.17) is 0 Å². The van der Waals surface area contributed by atoms with Gasteiger partial charge in [-0.25, -0.2) is 17.8 Å². The number of hydrogen-bond acceptors (Lipinski definition) is 4. The van der Waals surface area contributed by atoms with E-state index in [1.165, 1.54) is 12.1 Å². The number of aryl methyl sites for hydroxylation is 1. The molecule has 0 fully saturated rings. The van der Waals surface area contributed by atoms with E-state index >= 15 is 0 Å². The number of rotatable bonds is 8. The second-order valence-electron chi connectivity index (χ2n) is 7.11. The monoisotopic (exact) mass is 426 g/mol. The quantitative estimate of drug-likeness (QED) is 0.600. The van der Waals surface area contributed by atoms with Crippen LogP contribution in [0.1, 0.15) is 23.4 Å². The van der Waals surface area contributed by atoms with E-state index in [1.54, 1.807) is 30.1 Å². The summed E-state index contributed by atoms with van der Waals surface area (Å²) in [4.78, 5) is 14.3. The van der Waals surface area contributed by atoms with Gasteiger partial charge < -0.3 is 4.90 Å². The molecule has 0 saturated carbocycles. The largest absolute Gasteiger partial charge is 0.341 e. The summed E-state index contributed by atoms with van der Waals surface area (Å²) in [7, 11) is -1.90. The van der Waals surface area contributed by atoms with Crippen molar-refractivity contribution in [3.63, 3.8) is 0 Å². The van der Waals surface area contributed by atoms with Gasteiger partial charge in [0.15, 0.2) is 0 Å². The van der Waals surface area contributed by atoms with E-state index in [-0.39, 0.29) is 23.8 Å². The highest BCUT2D eigenvalue weighted by Crippen LogP contribution is 2.19. The molecule has 0 aliphatic carbocycles. The lowest BCUT2D eigenvalue weighted by Gasteiger charge is -2.18. The van der Waals surface area contributed by atoms with Crippen LogP contribution in [0.3, 0.4) is 0 Å². The predicted octanol–water partition coefficient (Wildman–Crippen LogP) is 2.82. The van der Waals surface area contributed by atoms with Crippen LogP contribution >= 0.6 is 0 Å². The Morgan fingerprint density at radius 1 is 1.03 bits per heavy atom. The Hall–Kier alpha value is -2.97. The van der Waals surface area contributed by atoms with E-state index in [0.29, 0.717) is 6.54 Å². The minimum absolute atomic E-state index is 0.0433. The second-order valence-corrected chi connectivity index (χ2v) is 8.87. The molecule has 158 valence electrons. The number of para-hydroxylation sites is 1. The Kier molecular flexibility index (Phi) is 6.69. The maximum Gasteiger partial charge on any atom is 0.240 e. The van der Waals surface area contributed by atoms with Crippen LogP contribution in [0.15, 0.2) is 65.6 Å². The highest BCUT2D eigenvalue weighted by molar-refractivity contribution is 7.89. The summed E-state index contributed by atoms with van der Waals surface area (Å²) < 4.78 is 28.9. The molecule has 8 heteroatoms. The first-order valence-corrected chi connectivity index (χ1v) is 11.2. The molecule has 0 unspecified atom stereocenters. The first-order chi connectivity index (χ1) is 14.3. The zero-order valence-corrected chi connectivity index (χ0v) is 18.2. The number of carbonyl (C=O) groups excluding carboxylic acids is 1. The van der Waals surface area contributed by atoms with E-state index in [2.05, 4.69) is 9.82 Å². The summed E-state index contributed by atoms with van der Waals surface area (Å²) in [6.07, 6.45) is 0.0769. The Morgan fingerprint density at radius 3 is 2.27 bits per heavy atom. The van der Waals surface area contributed by atoms with Gasteiger partial charge in [-0.1, -0.05) is 36.4 Å². The second kappa shape index (κ2) is 9.23. The molecule has 2 aromatic carbocycles. The first-order valence-electron chi connectivity index (χ1n) is 9.69. The molecular weight excluding hydrogens is 400 g/mol. The summed E-state index contributed by atoms with van der Waals surface area (Å²) in [5.74, 6) is -0.142. The minimum Gasteiger partial charge on any atom is -0.341 e. The van der Waals surface area contributed by atoms with Crippen LogP contribution in [0.4, 0.5) is 0 Å². The highest BCUT2D eigenvalue weighted by Gasteiger charge is 2.18. The van der Waals surface area contributed by atoms with Crippen LogP contribution in [0.25, 0.3) is 5.69 Å². The van der Waals surface area contributed by atoms with Gasteiger partial charge in [-0.2, -0.15) is 5.10 Å². The van der Waals surface area contributed by atoms with Gasteiger partial charge in [0.25, 0.3) is 0 Å². The Morgan fingerprint density at radius 2 is 1.63 bits per heavy atom. The summed E-state index contributed by atoms with van der Waals surface area (Å²) in [5, 5.41) is 4.61. The van der Waals surface area contributed by atoms with Gasteiger partial charge in [-0.05, 0) is 38.1 Å². The third-order valence-electron chi connectivity index (χ3n) is 4.95. The smallest absolute Gasteiger partial charge is 0.240 e. The van der Waals surface area contributed by atoms with Crippen molar-refractivity contribution < 1.29 is 13.2 Å². The number of benzene rings is 2. The number of nitrogens with one attached hydrogen (secondary N) is 1. The first kappa shape index (κ1) is 21.7. The maximum atomic E-state index is 12.5. The lowest BCUT2D eigenvalue weighted by atomic mass is 10.2. The van der Waals surface area contributed by atoms with Crippen molar-refractivity contribution in [1.82, 2.24) is 19.4 Å². The number of nitrogens with zero attached hydrogens (tertiary/aromatic N) is 3. The molecule has 0 atom stereocenters. The fraction of sp³-hybridized carbons (Fsp3) is 0.273. The van der Waals surface area contributed by atoms with Gasteiger partial charge in [0.1, 0.15) is 0 Å². The van der Waals surface area contributed by atoms with Crippen LogP contribution in [0.5, 0.6) is 0 Å². The van der Waals surface area contributed by atoms with Gasteiger partial charge >= 0.3 is 0 Å². The van der Waals surface area contributed by atoms with Crippen LogP contribution in [-0.2, 0) is 21.4 Å². The topological polar surface area (TPSA) is 84.3 Å². The molecule has 3 rings (SSSR count). The average molecular weight is 427 g/mol. The summed E-state index contributed by atoms with van der Waals surface area (Å²) in [6.45, 7) is 4.36. The van der Waals surface area contributed by atoms with Crippen LogP contribution in [0, 0.1) is 13.8 Å². The van der Waals surface area contributed by atoms with Gasteiger partial charge in [0, 0.05) is 37.8 Å². The van der Waals surface area contributed by atoms with Gasteiger partial charge in [0.05, 0.1) is 16.3 Å². The van der Waals surface area contributed by atoms with Crippen LogP contribution in [0.2, 0.25) is 0 Å². The standard InChI is InChI=1S/C22H26N4O3S/c1-17-21(18(2)26(24-17)19-10-6-4-7-11-19)16-25(3)22(27)14-15-23-30(28,29)20-12-8-5-9-13-20/h4-13,23H,14-16H2,1-3H3. The molecule has 0 aliphatic heterocycles. The molecule has 0 aliphatic rings. The van der Waals surface area contributed by atoms with Gasteiger partial charge in [-0.15, -0.1) is 0 Å². The number of amides is 1. The fourth-order valence-electron chi connectivity index (χ4n) is 3.22. The van der Waals surface area contributed by atoms with Crippen LogP contribution in [-0.4, -0.2) is 42.6 Å². The Labute approximate surface area is 177 Å². The SMILES string of the molecule is Cc1nn(-c2ccccc2)c(C)c1CN(C)C(=O)CCNS(=O)(=O)c1ccccc1. The average Bonchev–Trinajstić information content (AvgIpc) is 3.03. The fourth-order valence-corrected chi connectivity index (χ4v) is 4.27. The number of sulfonamides is 1. The predicted molar refractivity (Wildman–Crippen MR) is 116 cm³/mol. The van der Waals surface area contributed by atoms with Gasteiger partial charge in [0.2, 0.25) is 15.9 Å². The minimum atomic E-state index is -3.62. The van der Waals surface area contributed by atoms with Crippen molar-refractivity contribution in [3.05, 3.63) is 77.6 Å². The lowest BCUT2D eigenvalue weighted by molar-refractivity contribution is -0.130. The lowest BCUT2D eigenvalue weighted by Crippen LogP contribution is -2.32. The van der Waals surface area contributed by atoms with E-state index in [1.807, 2.05) is 48.9 Å². The number of aromatic nitrogens is 2. The third kappa shape index (κ3) is 4.95. The Bertz CT molecular complexity index is 1110. The molecule has 1 heterocycles. The molecule has 0 spiro atoms. The summed E-state index contributed by atoms with van der Waals surface area (Å²) in [6, 6.07) is 17.9. The molecule has 7 nitrogen and oxygen atoms in total. The maximum absolute atomic E-state index is 12.5. The van der Waals surface area contributed by atoms with E-state index in [9.17, 15) is 13.2 Å². The molecule has 0 saturated heterocycles. The molecule has 30 heavy (non-hydrogen) atoms. The Balaban J connectivity index is 1.61. The normalized spacial score (nSPS) is 11.4. The summed E-state index contributed by atoms with van der Waals surface area (Å²) in [5.41, 5.74) is 3.79. The van der Waals surface area contributed by atoms with Crippen molar-refractivity contribution >= 4 is 15.9 Å². The molecule has 1 amide bonds. The van der Waals surface area contributed by atoms with Crippen LogP contribution < -0.4 is 4.72 Å². The number of hydrogen-bond donors (Lipinski definition) is 1. The highest BCUT2D eigenvalue weighted by atomic mass is 32.2. The third-order valence-corrected chi connectivity index (χ3v) is 6.42. The molecule has 0 bridgehead atoms. The summed E-state index contributed by atoms with van der Waals surface area (Å²) >= 11 is 0. The molecule has 3 aromatic rings. The molecule has 1 N–H and O–H groups in total. The van der Waals surface area contributed by atoms with E-state index in [0.717, 1.165) is 22.6 Å². The van der Waals surface area contributed by atoms with Crippen molar-refractivity contribution in [1.29, 1.82) is 0 Å². The number of carbonyl (C=O) groups is 1. The van der Waals surface area contributed by atoms with Crippen molar-refractivity contribution in [2.24, 2.45) is 0 Å². The zero-order valence-electron chi connectivity index (χ0n) is 17.4. The van der Waals surface area contributed by atoms with Crippen molar-refractivity contribution in [2.75, 3.05) is 13.6 Å². The molecule has 0 radical (unpaired) electrons. The molecule has 1 aromatic heterocycles. The van der Waals surface area contributed by atoms with Crippen molar-refractivity contribution in [2.45, 2.75) is 31.7 Å².